The summed E-state index contributed by atoms with van der Waals surface area (Å²) in [6.45, 7) is 0.00370. The molecule has 6 nitrogen and oxygen atoms in total. The Bertz CT molecular complexity index is 455. The first kappa shape index (κ1) is 12.1. The van der Waals surface area contributed by atoms with Crippen LogP contribution in [0.1, 0.15) is 18.4 Å². The van der Waals surface area contributed by atoms with E-state index in [9.17, 15) is 14.4 Å². The van der Waals surface area contributed by atoms with E-state index >= 15 is 0 Å². The Morgan fingerprint density at radius 3 is 2.44 bits per heavy atom. The lowest BCUT2D eigenvalue weighted by Crippen LogP contribution is -2.32. The molecule has 0 atom stereocenters. The summed E-state index contributed by atoms with van der Waals surface area (Å²) in [5.41, 5.74) is 0.754. The van der Waals surface area contributed by atoms with Gasteiger partial charge in [-0.15, -0.1) is 0 Å². The van der Waals surface area contributed by atoms with Gasteiger partial charge >= 0.3 is 6.16 Å². The maximum Gasteiger partial charge on any atom is 0.534 e. The number of rotatable bonds is 3. The zero-order chi connectivity index (χ0) is 13.0. The molecule has 1 aliphatic rings. The van der Waals surface area contributed by atoms with E-state index in [1.165, 1.54) is 0 Å². The molecule has 0 spiro atoms. The molecule has 0 saturated carbocycles. The maximum absolute atomic E-state index is 11.3. The van der Waals surface area contributed by atoms with E-state index < -0.39 is 18.0 Å². The predicted molar refractivity (Wildman–Crippen MR) is 57.6 cm³/mol. The van der Waals surface area contributed by atoms with Gasteiger partial charge in [-0.1, -0.05) is 29.3 Å². The molecule has 0 N–H and O–H groups in total. The van der Waals surface area contributed by atoms with E-state index in [1.54, 1.807) is 24.3 Å². The van der Waals surface area contributed by atoms with Gasteiger partial charge in [0.15, 0.2) is 0 Å². The predicted octanol–water partition coefficient (Wildman–Crippen LogP) is 1.20. The molecule has 1 heterocycles. The molecule has 0 aliphatic carbocycles. The lowest BCUT2D eigenvalue weighted by Gasteiger charge is -2.12. The lowest BCUT2D eigenvalue weighted by molar-refractivity contribution is -0.177. The van der Waals surface area contributed by atoms with E-state index in [0.717, 1.165) is 5.56 Å². The summed E-state index contributed by atoms with van der Waals surface area (Å²) < 4.78 is 4.77. The molecule has 18 heavy (non-hydrogen) atoms. The number of carbonyl (C=O) groups excluding carboxylic acids is 3. The quantitative estimate of drug-likeness (QED) is 0.593. The minimum atomic E-state index is -1.08. The van der Waals surface area contributed by atoms with Crippen LogP contribution in [0.25, 0.3) is 0 Å². The molecule has 0 aromatic heterocycles. The fourth-order valence-corrected chi connectivity index (χ4v) is 1.42. The van der Waals surface area contributed by atoms with Crippen molar-refractivity contribution >= 4 is 18.0 Å². The van der Waals surface area contributed by atoms with Crippen LogP contribution < -0.4 is 0 Å². The van der Waals surface area contributed by atoms with Crippen molar-refractivity contribution in [1.29, 1.82) is 0 Å². The Labute approximate surface area is 103 Å². The standard InChI is InChI=1S/C12H10NO5/c14-10-6-7-11(15)13(10)18-12(16)17-8-9-4-2-1-3-5-9/h2-5H,6-8H2. The highest BCUT2D eigenvalue weighted by Gasteiger charge is 2.33. The van der Waals surface area contributed by atoms with Gasteiger partial charge in [-0.3, -0.25) is 14.4 Å². The van der Waals surface area contributed by atoms with Crippen LogP contribution in [0, 0.1) is 6.07 Å². The number of nitrogens with zero attached hydrogens (tertiary/aromatic N) is 1. The van der Waals surface area contributed by atoms with Crippen molar-refractivity contribution in [3.8, 4) is 0 Å². The molecule has 2 rings (SSSR count). The van der Waals surface area contributed by atoms with Crippen LogP contribution >= 0.6 is 0 Å². The van der Waals surface area contributed by atoms with Crippen LogP contribution in [-0.4, -0.2) is 23.0 Å². The Balaban J connectivity index is 1.82. The first-order valence-electron chi connectivity index (χ1n) is 5.32. The van der Waals surface area contributed by atoms with Crippen LogP contribution in [0.2, 0.25) is 0 Å². The Kier molecular flexibility index (Phi) is 3.57. The minimum absolute atomic E-state index is 0.00370. The molecule has 1 saturated heterocycles. The molecule has 0 unspecified atom stereocenters. The minimum Gasteiger partial charge on any atom is -0.428 e. The molecule has 93 valence electrons. The van der Waals surface area contributed by atoms with E-state index in [2.05, 4.69) is 10.9 Å². The van der Waals surface area contributed by atoms with Gasteiger partial charge in [0.05, 0.1) is 0 Å². The van der Waals surface area contributed by atoms with Crippen molar-refractivity contribution in [3.05, 3.63) is 35.9 Å². The topological polar surface area (TPSA) is 72.9 Å². The average Bonchev–Trinajstić information content (AvgIpc) is 2.69. The molecule has 1 radical (unpaired) electrons. The van der Waals surface area contributed by atoms with Gasteiger partial charge in [-0.05, 0) is 11.6 Å². The molecule has 6 heteroatoms. The monoisotopic (exact) mass is 248 g/mol. The Morgan fingerprint density at radius 2 is 1.83 bits per heavy atom. The highest BCUT2D eigenvalue weighted by atomic mass is 16.8. The summed E-state index contributed by atoms with van der Waals surface area (Å²) in [7, 11) is 0. The number of hydroxylamine groups is 2. The fraction of sp³-hybridized carbons (Fsp3) is 0.250. The third-order valence-corrected chi connectivity index (χ3v) is 2.32. The summed E-state index contributed by atoms with van der Waals surface area (Å²) in [5, 5.41) is 0.446. The number of ether oxygens (including phenoxy) is 1. The number of amides is 2. The third kappa shape index (κ3) is 2.85. The van der Waals surface area contributed by atoms with E-state index in [-0.39, 0.29) is 19.4 Å². The Hall–Kier alpha value is -2.37. The first-order valence-corrected chi connectivity index (χ1v) is 5.32. The smallest absolute Gasteiger partial charge is 0.428 e. The summed E-state index contributed by atoms with van der Waals surface area (Å²) in [5.74, 6) is -1.07. The second-order valence-electron chi connectivity index (χ2n) is 3.62. The van der Waals surface area contributed by atoms with Crippen molar-refractivity contribution in [3.63, 3.8) is 0 Å². The summed E-state index contributed by atoms with van der Waals surface area (Å²) in [4.78, 5) is 38.1. The maximum atomic E-state index is 11.3. The molecule has 1 aromatic rings. The molecule has 1 aromatic carbocycles. The number of hydrogen-bond acceptors (Lipinski definition) is 5. The van der Waals surface area contributed by atoms with Crippen LogP contribution in [0.3, 0.4) is 0 Å². The number of hydrogen-bond donors (Lipinski definition) is 0. The molecular formula is C12H10NO5. The number of imide groups is 1. The molecule has 2 amide bonds. The zero-order valence-corrected chi connectivity index (χ0v) is 9.42. The summed E-state index contributed by atoms with van der Waals surface area (Å²) in [6, 6.07) is 9.62. The van der Waals surface area contributed by atoms with E-state index in [0.29, 0.717) is 5.06 Å². The van der Waals surface area contributed by atoms with Crippen molar-refractivity contribution < 1.29 is 24.0 Å². The van der Waals surface area contributed by atoms with Crippen molar-refractivity contribution in [1.82, 2.24) is 5.06 Å². The molecule has 0 bridgehead atoms. The second kappa shape index (κ2) is 5.31. The van der Waals surface area contributed by atoms with Gasteiger partial charge < -0.3 is 4.74 Å². The van der Waals surface area contributed by atoms with Gasteiger partial charge in [0.1, 0.15) is 6.61 Å². The van der Waals surface area contributed by atoms with E-state index in [1.807, 2.05) is 0 Å². The van der Waals surface area contributed by atoms with Crippen molar-refractivity contribution in [2.45, 2.75) is 19.4 Å². The second-order valence-corrected chi connectivity index (χ2v) is 3.62. The highest BCUT2D eigenvalue weighted by Crippen LogP contribution is 2.13. The largest absolute Gasteiger partial charge is 0.534 e. The van der Waals surface area contributed by atoms with Crippen molar-refractivity contribution in [2.24, 2.45) is 0 Å². The third-order valence-electron chi connectivity index (χ3n) is 2.32. The van der Waals surface area contributed by atoms with Gasteiger partial charge in [0, 0.05) is 12.8 Å². The summed E-state index contributed by atoms with van der Waals surface area (Å²) in [6.07, 6.45) is -0.965. The molecule has 1 fully saturated rings. The lowest BCUT2D eigenvalue weighted by atomic mass is 10.2. The van der Waals surface area contributed by atoms with E-state index in [4.69, 9.17) is 4.74 Å². The van der Waals surface area contributed by atoms with Gasteiger partial charge in [-0.25, -0.2) is 4.79 Å². The van der Waals surface area contributed by atoms with Crippen LogP contribution in [0.5, 0.6) is 0 Å². The average molecular weight is 248 g/mol. The Morgan fingerprint density at radius 1 is 1.22 bits per heavy atom. The zero-order valence-electron chi connectivity index (χ0n) is 9.42. The molecule has 1 aliphatic heterocycles. The van der Waals surface area contributed by atoms with Gasteiger partial charge in [0.2, 0.25) is 0 Å². The van der Waals surface area contributed by atoms with Gasteiger partial charge in [-0.2, -0.15) is 0 Å². The highest BCUT2D eigenvalue weighted by molar-refractivity contribution is 6.01. The number of benzene rings is 1. The van der Waals surface area contributed by atoms with Crippen LogP contribution in [0.4, 0.5) is 4.79 Å². The van der Waals surface area contributed by atoms with Crippen molar-refractivity contribution in [2.75, 3.05) is 0 Å². The SMILES string of the molecule is O=C(OCc1cc[c]cc1)ON1C(=O)CCC1=O. The number of carbonyl (C=O) groups is 3. The fourth-order valence-electron chi connectivity index (χ4n) is 1.42. The van der Waals surface area contributed by atoms with Gasteiger partial charge in [0.25, 0.3) is 11.8 Å². The van der Waals surface area contributed by atoms with Crippen LogP contribution in [0.15, 0.2) is 24.3 Å². The molecular weight excluding hydrogens is 238 g/mol. The van der Waals surface area contributed by atoms with Crippen LogP contribution in [-0.2, 0) is 25.8 Å². The normalized spacial score (nSPS) is 14.8. The first-order chi connectivity index (χ1) is 8.66. The summed E-state index contributed by atoms with van der Waals surface area (Å²) >= 11 is 0.